The second-order valence-corrected chi connectivity index (χ2v) is 7.37. The van der Waals surface area contributed by atoms with Crippen LogP contribution in [0, 0.1) is 6.92 Å². The lowest BCUT2D eigenvalue weighted by atomic mass is 10.1. The molecule has 0 saturated carbocycles. The molecule has 0 radical (unpaired) electrons. The van der Waals surface area contributed by atoms with Crippen molar-refractivity contribution in [2.75, 3.05) is 7.11 Å². The molecule has 8 heteroatoms. The fraction of sp³-hybridized carbons (Fsp3) is 0.143. The number of carbonyl (C=O) groups excluding carboxylic acids is 1. The summed E-state index contributed by atoms with van der Waals surface area (Å²) in [6.45, 7) is 3.30. The topological polar surface area (TPSA) is 82.8 Å². The Labute approximate surface area is 169 Å². The number of methoxy groups -OCH3 is 1. The maximum Gasteiger partial charge on any atom is 0.308 e. The van der Waals surface area contributed by atoms with Crippen LogP contribution in [0.2, 0.25) is 0 Å². The number of nitrogens with zero attached hydrogens (tertiary/aromatic N) is 3. The monoisotopic (exact) mass is 407 g/mol. The van der Waals surface area contributed by atoms with Crippen LogP contribution in [-0.4, -0.2) is 27.7 Å². The molecule has 29 heavy (non-hydrogen) atoms. The number of rotatable bonds is 4. The molecule has 0 aliphatic rings. The van der Waals surface area contributed by atoms with Gasteiger partial charge in [-0.05, 0) is 36.3 Å². The van der Waals surface area contributed by atoms with Crippen molar-refractivity contribution in [2.45, 2.75) is 13.8 Å². The van der Waals surface area contributed by atoms with Crippen LogP contribution < -0.4 is 19.6 Å². The summed E-state index contributed by atoms with van der Waals surface area (Å²) in [5.41, 5.74) is 2.45. The minimum Gasteiger partial charge on any atom is -0.493 e. The van der Waals surface area contributed by atoms with Crippen molar-refractivity contribution in [2.24, 2.45) is 0 Å². The predicted molar refractivity (Wildman–Crippen MR) is 110 cm³/mol. The molecule has 0 aliphatic carbocycles. The minimum atomic E-state index is -0.433. The highest BCUT2D eigenvalue weighted by atomic mass is 32.1. The van der Waals surface area contributed by atoms with Gasteiger partial charge in [0, 0.05) is 12.5 Å². The van der Waals surface area contributed by atoms with Crippen molar-refractivity contribution >= 4 is 28.3 Å². The van der Waals surface area contributed by atoms with Crippen LogP contribution in [0.4, 0.5) is 0 Å². The van der Waals surface area contributed by atoms with Crippen LogP contribution in [0.15, 0.2) is 47.3 Å². The van der Waals surface area contributed by atoms with E-state index in [2.05, 4.69) is 10.1 Å². The van der Waals surface area contributed by atoms with Gasteiger partial charge in [0.15, 0.2) is 17.3 Å². The van der Waals surface area contributed by atoms with Crippen LogP contribution >= 0.6 is 11.3 Å². The fourth-order valence-corrected chi connectivity index (χ4v) is 3.84. The first-order chi connectivity index (χ1) is 14.0. The standard InChI is InChI=1S/C21H17N3O4S/c1-12-6-4-5-7-15(12)19-22-21-24(23-19)20(26)18(29-21)11-14-8-9-16(28-13(2)25)17(10-14)27-3/h4-11H,1-3H3/b18-11-. The van der Waals surface area contributed by atoms with E-state index < -0.39 is 5.97 Å². The minimum absolute atomic E-state index is 0.236. The smallest absolute Gasteiger partial charge is 0.308 e. The zero-order chi connectivity index (χ0) is 20.5. The number of aryl methyl sites for hydroxylation is 1. The van der Waals surface area contributed by atoms with Crippen LogP contribution in [0.5, 0.6) is 11.5 Å². The lowest BCUT2D eigenvalue weighted by Gasteiger charge is -2.08. The number of ether oxygens (including phenoxy) is 2. The van der Waals surface area contributed by atoms with E-state index in [1.807, 2.05) is 31.2 Å². The largest absolute Gasteiger partial charge is 0.493 e. The number of benzene rings is 2. The Morgan fingerprint density at radius 3 is 2.66 bits per heavy atom. The van der Waals surface area contributed by atoms with Gasteiger partial charge >= 0.3 is 5.97 Å². The predicted octanol–water partition coefficient (Wildman–Crippen LogP) is 2.61. The van der Waals surface area contributed by atoms with E-state index in [0.717, 1.165) is 16.7 Å². The summed E-state index contributed by atoms with van der Waals surface area (Å²) >= 11 is 1.26. The zero-order valence-corrected chi connectivity index (χ0v) is 16.8. The molecule has 0 unspecified atom stereocenters. The molecule has 2 aromatic carbocycles. The third kappa shape index (κ3) is 3.62. The Morgan fingerprint density at radius 1 is 1.17 bits per heavy atom. The molecule has 0 atom stereocenters. The zero-order valence-electron chi connectivity index (χ0n) is 16.0. The molecular weight excluding hydrogens is 390 g/mol. The molecule has 0 saturated heterocycles. The summed E-state index contributed by atoms with van der Waals surface area (Å²) in [4.78, 5) is 29.0. The fourth-order valence-electron chi connectivity index (χ4n) is 2.94. The molecule has 0 amide bonds. The third-order valence-electron chi connectivity index (χ3n) is 4.31. The van der Waals surface area contributed by atoms with Crippen LogP contribution in [-0.2, 0) is 4.79 Å². The first-order valence-corrected chi connectivity index (χ1v) is 9.61. The highest BCUT2D eigenvalue weighted by Crippen LogP contribution is 2.28. The summed E-state index contributed by atoms with van der Waals surface area (Å²) in [7, 11) is 1.49. The molecular formula is C21H17N3O4S. The van der Waals surface area contributed by atoms with Gasteiger partial charge in [-0.1, -0.05) is 41.7 Å². The number of carbonyl (C=O) groups is 1. The van der Waals surface area contributed by atoms with Gasteiger partial charge in [-0.25, -0.2) is 0 Å². The second kappa shape index (κ2) is 7.48. The maximum absolute atomic E-state index is 12.8. The number of hydrogen-bond acceptors (Lipinski definition) is 7. The highest BCUT2D eigenvalue weighted by Gasteiger charge is 2.13. The summed E-state index contributed by atoms with van der Waals surface area (Å²) in [6.07, 6.45) is 1.73. The molecule has 146 valence electrons. The van der Waals surface area contributed by atoms with Crippen molar-refractivity contribution in [3.8, 4) is 22.9 Å². The van der Waals surface area contributed by atoms with E-state index >= 15 is 0 Å². The average Bonchev–Trinajstić information content (AvgIpc) is 3.22. The lowest BCUT2D eigenvalue weighted by molar-refractivity contribution is -0.132. The molecule has 4 rings (SSSR count). The summed E-state index contributed by atoms with van der Waals surface area (Å²) in [5, 5.41) is 4.39. The molecule has 0 spiro atoms. The summed E-state index contributed by atoms with van der Waals surface area (Å²) < 4.78 is 12.2. The molecule has 0 fully saturated rings. The number of aromatic nitrogens is 3. The molecule has 2 aromatic heterocycles. The Hall–Kier alpha value is -3.52. The van der Waals surface area contributed by atoms with Gasteiger partial charge < -0.3 is 9.47 Å². The van der Waals surface area contributed by atoms with E-state index in [1.54, 1.807) is 24.3 Å². The third-order valence-corrected chi connectivity index (χ3v) is 5.27. The number of hydrogen-bond donors (Lipinski definition) is 0. The van der Waals surface area contributed by atoms with Crippen molar-refractivity contribution in [1.82, 2.24) is 14.6 Å². The van der Waals surface area contributed by atoms with E-state index in [1.165, 1.54) is 29.9 Å². The van der Waals surface area contributed by atoms with Gasteiger partial charge in [-0.2, -0.15) is 9.50 Å². The average molecular weight is 407 g/mol. The van der Waals surface area contributed by atoms with Crippen molar-refractivity contribution in [1.29, 1.82) is 0 Å². The van der Waals surface area contributed by atoms with Crippen molar-refractivity contribution in [3.63, 3.8) is 0 Å². The van der Waals surface area contributed by atoms with Gasteiger partial charge in [-0.15, -0.1) is 5.10 Å². The van der Waals surface area contributed by atoms with E-state index in [4.69, 9.17) is 9.47 Å². The number of thiazole rings is 1. The van der Waals surface area contributed by atoms with Gasteiger partial charge in [0.1, 0.15) is 0 Å². The first-order valence-electron chi connectivity index (χ1n) is 8.80. The highest BCUT2D eigenvalue weighted by molar-refractivity contribution is 7.15. The maximum atomic E-state index is 12.8. The Bertz CT molecular complexity index is 1340. The van der Waals surface area contributed by atoms with Crippen LogP contribution in [0.3, 0.4) is 0 Å². The molecule has 0 N–H and O–H groups in total. The lowest BCUT2D eigenvalue weighted by Crippen LogP contribution is -2.23. The summed E-state index contributed by atoms with van der Waals surface area (Å²) in [6, 6.07) is 12.9. The molecule has 0 bridgehead atoms. The van der Waals surface area contributed by atoms with Gasteiger partial charge in [0.05, 0.1) is 11.6 Å². The van der Waals surface area contributed by atoms with Gasteiger partial charge in [0.2, 0.25) is 4.96 Å². The van der Waals surface area contributed by atoms with Crippen molar-refractivity contribution in [3.05, 3.63) is 68.5 Å². The van der Waals surface area contributed by atoms with Crippen molar-refractivity contribution < 1.29 is 14.3 Å². The Balaban J connectivity index is 1.75. The molecule has 0 aliphatic heterocycles. The molecule has 4 aromatic rings. The molecule has 2 heterocycles. The van der Waals surface area contributed by atoms with Crippen LogP contribution in [0.1, 0.15) is 18.1 Å². The summed E-state index contributed by atoms with van der Waals surface area (Å²) in [5.74, 6) is 0.829. The van der Waals surface area contributed by atoms with Gasteiger partial charge in [0.25, 0.3) is 5.56 Å². The number of fused-ring (bicyclic) bond motifs is 1. The Kier molecular flexibility index (Phi) is 4.85. The van der Waals surface area contributed by atoms with E-state index in [9.17, 15) is 9.59 Å². The number of esters is 1. The second-order valence-electron chi connectivity index (χ2n) is 6.36. The normalized spacial score (nSPS) is 11.8. The van der Waals surface area contributed by atoms with Crippen LogP contribution in [0.25, 0.3) is 22.4 Å². The van der Waals surface area contributed by atoms with E-state index in [0.29, 0.717) is 26.8 Å². The quantitative estimate of drug-likeness (QED) is 0.382. The van der Waals surface area contributed by atoms with Gasteiger partial charge in [-0.3, -0.25) is 9.59 Å². The first kappa shape index (κ1) is 18.8. The van der Waals surface area contributed by atoms with E-state index in [-0.39, 0.29) is 5.56 Å². The molecule has 7 nitrogen and oxygen atoms in total. The SMILES string of the molecule is COc1cc(/C=c2\sc3nc(-c4ccccc4C)nn3c2=O)ccc1OC(C)=O. The Morgan fingerprint density at radius 2 is 1.97 bits per heavy atom.